The summed E-state index contributed by atoms with van der Waals surface area (Å²) in [5.74, 6) is -1.78. The maximum absolute atomic E-state index is 13.9. The Kier molecular flexibility index (Phi) is 5.71. The van der Waals surface area contributed by atoms with Crippen molar-refractivity contribution >= 4 is 17.6 Å². The van der Waals surface area contributed by atoms with Crippen LogP contribution in [-0.4, -0.2) is 17.4 Å². The Labute approximate surface area is 158 Å². The van der Waals surface area contributed by atoms with Gasteiger partial charge in [-0.1, -0.05) is 18.2 Å². The summed E-state index contributed by atoms with van der Waals surface area (Å²) in [6.07, 6.45) is 1.12. The molecule has 3 aromatic rings. The molecule has 3 nitrogen and oxygen atoms in total. The summed E-state index contributed by atoms with van der Waals surface area (Å²) >= 11 is 1.32. The van der Waals surface area contributed by atoms with Crippen LogP contribution < -0.4 is 4.80 Å². The third-order valence-corrected chi connectivity index (χ3v) is 4.47. The van der Waals surface area contributed by atoms with Crippen molar-refractivity contribution in [2.24, 2.45) is 10.1 Å². The van der Waals surface area contributed by atoms with Crippen molar-refractivity contribution in [3.8, 4) is 11.3 Å². The minimum Gasteiger partial charge on any atom is -0.253 e. The van der Waals surface area contributed by atoms with Gasteiger partial charge in [0.25, 0.3) is 0 Å². The number of hydrogen-bond acceptors (Lipinski definition) is 3. The van der Waals surface area contributed by atoms with Gasteiger partial charge in [-0.2, -0.15) is 5.10 Å². The van der Waals surface area contributed by atoms with Gasteiger partial charge in [-0.05, 0) is 43.3 Å². The molecule has 0 atom stereocenters. The van der Waals surface area contributed by atoms with Crippen molar-refractivity contribution in [1.29, 1.82) is 0 Å². The van der Waals surface area contributed by atoms with Gasteiger partial charge in [-0.15, -0.1) is 11.3 Å². The fourth-order valence-corrected chi connectivity index (χ4v) is 3.13. The predicted octanol–water partition coefficient (Wildman–Crippen LogP) is 4.99. The van der Waals surface area contributed by atoms with E-state index in [-0.39, 0.29) is 11.4 Å². The maximum atomic E-state index is 13.9. The smallest absolute Gasteiger partial charge is 0.206 e. The Morgan fingerprint density at radius 3 is 2.41 bits per heavy atom. The van der Waals surface area contributed by atoms with Crippen molar-refractivity contribution in [3.05, 3.63) is 87.8 Å². The van der Waals surface area contributed by atoms with Crippen molar-refractivity contribution in [2.75, 3.05) is 6.54 Å². The van der Waals surface area contributed by atoms with E-state index in [9.17, 15) is 13.2 Å². The molecule has 2 aromatic carbocycles. The van der Waals surface area contributed by atoms with Crippen LogP contribution in [0.25, 0.3) is 11.3 Å². The summed E-state index contributed by atoms with van der Waals surface area (Å²) < 4.78 is 42.5. The first-order valence-corrected chi connectivity index (χ1v) is 8.93. The molecule has 0 aliphatic carbocycles. The van der Waals surface area contributed by atoms with Gasteiger partial charge in [0.05, 0.1) is 24.0 Å². The number of rotatable bonds is 5. The minimum atomic E-state index is -0.710. The molecule has 0 saturated heterocycles. The number of aromatic nitrogens is 1. The van der Waals surface area contributed by atoms with Crippen molar-refractivity contribution in [2.45, 2.75) is 6.92 Å². The van der Waals surface area contributed by atoms with Crippen molar-refractivity contribution in [3.63, 3.8) is 0 Å². The van der Waals surface area contributed by atoms with Crippen LogP contribution in [0, 0.1) is 17.5 Å². The van der Waals surface area contributed by atoms with E-state index >= 15 is 0 Å². The predicted molar refractivity (Wildman–Crippen MR) is 102 cm³/mol. The van der Waals surface area contributed by atoms with Crippen molar-refractivity contribution in [1.82, 2.24) is 4.68 Å². The summed E-state index contributed by atoms with van der Waals surface area (Å²) in [6.45, 7) is 6.06. The van der Waals surface area contributed by atoms with E-state index < -0.39 is 11.6 Å². The lowest BCUT2D eigenvalue weighted by atomic mass is 10.2. The zero-order chi connectivity index (χ0) is 19.4. The Bertz CT molecular complexity index is 1040. The summed E-state index contributed by atoms with van der Waals surface area (Å²) in [4.78, 5) is 4.97. The Hall–Kier alpha value is -2.93. The highest BCUT2D eigenvalue weighted by atomic mass is 32.1. The Morgan fingerprint density at radius 2 is 1.78 bits per heavy atom. The van der Waals surface area contributed by atoms with Gasteiger partial charge in [-0.3, -0.25) is 4.99 Å². The lowest BCUT2D eigenvalue weighted by molar-refractivity contribution is 0.579. The molecule has 27 heavy (non-hydrogen) atoms. The maximum Gasteiger partial charge on any atom is 0.206 e. The van der Waals surface area contributed by atoms with Crippen LogP contribution >= 0.6 is 11.3 Å². The molecule has 0 amide bonds. The third kappa shape index (κ3) is 4.43. The van der Waals surface area contributed by atoms with Crippen molar-refractivity contribution < 1.29 is 13.2 Å². The molecule has 0 unspecified atom stereocenters. The molecule has 0 spiro atoms. The molecular formula is C20H16F3N3S. The molecular weight excluding hydrogens is 371 g/mol. The molecule has 0 radical (unpaired) electrons. The second-order valence-corrected chi connectivity index (χ2v) is 6.71. The molecule has 138 valence electrons. The first kappa shape index (κ1) is 18.8. The van der Waals surface area contributed by atoms with Crippen LogP contribution in [0.1, 0.15) is 12.5 Å². The average molecular weight is 387 g/mol. The summed E-state index contributed by atoms with van der Waals surface area (Å²) in [5.41, 5.74) is 1.96. The van der Waals surface area contributed by atoms with Gasteiger partial charge < -0.3 is 0 Å². The normalized spacial score (nSPS) is 12.1. The van der Waals surface area contributed by atoms with E-state index in [1.165, 1.54) is 34.2 Å². The highest BCUT2D eigenvalue weighted by molar-refractivity contribution is 7.07. The van der Waals surface area contributed by atoms with E-state index in [0.717, 1.165) is 23.9 Å². The number of halogens is 3. The number of hydrogen-bond donors (Lipinski definition) is 0. The minimum absolute atomic E-state index is 0.243. The molecule has 7 heteroatoms. The fraction of sp³-hybridized carbons (Fsp3) is 0.100. The van der Waals surface area contributed by atoms with Crippen LogP contribution in [-0.2, 0) is 0 Å². The molecule has 0 N–H and O–H groups in total. The Morgan fingerprint density at radius 1 is 1.11 bits per heavy atom. The second kappa shape index (κ2) is 8.18. The topological polar surface area (TPSA) is 29.6 Å². The number of benzene rings is 2. The molecule has 0 bridgehead atoms. The van der Waals surface area contributed by atoms with Crippen LogP contribution in [0.15, 0.2) is 70.1 Å². The SMILES string of the molecule is C=C(C)CN=c1scc(-c2ccc(F)cc2)n1N=Cc1c(F)cccc1F. The number of thiazole rings is 1. The monoisotopic (exact) mass is 387 g/mol. The summed E-state index contributed by atoms with van der Waals surface area (Å²) in [5, 5.41) is 6.04. The third-order valence-electron chi connectivity index (χ3n) is 3.61. The van der Waals surface area contributed by atoms with Gasteiger partial charge in [0.1, 0.15) is 17.5 Å². The highest BCUT2D eigenvalue weighted by Crippen LogP contribution is 2.21. The van der Waals surface area contributed by atoms with Crippen LogP contribution in [0.5, 0.6) is 0 Å². The molecule has 0 aliphatic heterocycles. The largest absolute Gasteiger partial charge is 0.253 e. The van der Waals surface area contributed by atoms with Crippen LogP contribution in [0.3, 0.4) is 0 Å². The average Bonchev–Trinajstić information content (AvgIpc) is 3.03. The van der Waals surface area contributed by atoms with E-state index in [4.69, 9.17) is 0 Å². The Balaban J connectivity index is 2.11. The lowest BCUT2D eigenvalue weighted by Crippen LogP contribution is -2.13. The molecule has 1 heterocycles. The molecule has 0 aliphatic rings. The standard InChI is InChI=1S/C20H16F3N3S/c1-13(2)10-24-20-26(25-11-16-17(22)4-3-5-18(16)23)19(12-27-20)14-6-8-15(21)9-7-14/h3-9,11-12H,1,10H2,2H3. The molecule has 0 saturated carbocycles. The molecule has 0 fully saturated rings. The number of nitrogens with zero attached hydrogens (tertiary/aromatic N) is 3. The van der Waals surface area contributed by atoms with Gasteiger partial charge in [-0.25, -0.2) is 17.8 Å². The van der Waals surface area contributed by atoms with E-state index in [1.54, 1.807) is 17.5 Å². The summed E-state index contributed by atoms with van der Waals surface area (Å²) in [7, 11) is 0. The lowest BCUT2D eigenvalue weighted by Gasteiger charge is -2.04. The quantitative estimate of drug-likeness (QED) is 0.436. The second-order valence-electron chi connectivity index (χ2n) is 5.88. The van der Waals surface area contributed by atoms with Gasteiger partial charge >= 0.3 is 0 Å². The van der Waals surface area contributed by atoms with Crippen LogP contribution in [0.2, 0.25) is 0 Å². The van der Waals surface area contributed by atoms with E-state index in [2.05, 4.69) is 16.7 Å². The first-order valence-electron chi connectivity index (χ1n) is 8.05. The van der Waals surface area contributed by atoms with E-state index in [1.807, 2.05) is 6.92 Å². The van der Waals surface area contributed by atoms with E-state index in [0.29, 0.717) is 22.6 Å². The van der Waals surface area contributed by atoms with Gasteiger partial charge in [0.15, 0.2) is 0 Å². The summed E-state index contributed by atoms with van der Waals surface area (Å²) in [6, 6.07) is 9.50. The zero-order valence-corrected chi connectivity index (χ0v) is 15.3. The molecule has 3 rings (SSSR count). The molecule has 1 aromatic heterocycles. The fourth-order valence-electron chi connectivity index (χ4n) is 2.29. The van der Waals surface area contributed by atoms with Gasteiger partial charge in [0, 0.05) is 10.9 Å². The van der Waals surface area contributed by atoms with Crippen LogP contribution in [0.4, 0.5) is 13.2 Å². The first-order chi connectivity index (χ1) is 13.0. The highest BCUT2D eigenvalue weighted by Gasteiger charge is 2.10. The zero-order valence-electron chi connectivity index (χ0n) is 14.5. The van der Waals surface area contributed by atoms with Gasteiger partial charge in [0.2, 0.25) is 4.80 Å².